The highest BCUT2D eigenvalue weighted by atomic mass is 32.2. The molecule has 3 N–H and O–H groups in total. The molecule has 88 valence electrons. The van der Waals surface area contributed by atoms with E-state index in [4.69, 9.17) is 10.9 Å². The van der Waals surface area contributed by atoms with Crippen molar-refractivity contribution in [2.45, 2.75) is 32.2 Å². The molecular weight excluding hydrogens is 218 g/mol. The minimum absolute atomic E-state index is 0.0211. The zero-order valence-corrected chi connectivity index (χ0v) is 9.57. The van der Waals surface area contributed by atoms with Crippen LogP contribution in [0, 0.1) is 0 Å². The number of nitrogens with zero attached hydrogens (tertiary/aromatic N) is 2. The van der Waals surface area contributed by atoms with Gasteiger partial charge < -0.3 is 10.9 Å². The maximum atomic E-state index is 11.8. The van der Waals surface area contributed by atoms with Gasteiger partial charge in [-0.2, -0.15) is 4.31 Å². The Morgan fingerprint density at radius 3 is 2.87 bits per heavy atom. The molecule has 1 unspecified atom stereocenters. The lowest BCUT2D eigenvalue weighted by molar-refractivity contribution is 0.311. The van der Waals surface area contributed by atoms with Crippen molar-refractivity contribution in [1.29, 1.82) is 0 Å². The van der Waals surface area contributed by atoms with Crippen molar-refractivity contribution in [1.82, 2.24) is 4.31 Å². The smallest absolute Gasteiger partial charge is 0.214 e. The van der Waals surface area contributed by atoms with E-state index >= 15 is 0 Å². The summed E-state index contributed by atoms with van der Waals surface area (Å²) >= 11 is 0. The summed E-state index contributed by atoms with van der Waals surface area (Å²) in [5.74, 6) is 0.0922. The summed E-state index contributed by atoms with van der Waals surface area (Å²) in [6.07, 6.45) is 1.95. The van der Waals surface area contributed by atoms with Crippen LogP contribution in [0.25, 0.3) is 0 Å². The molecule has 0 saturated carbocycles. The molecule has 7 heteroatoms. The molecule has 0 aromatic carbocycles. The average molecular weight is 235 g/mol. The molecular formula is C8H17N3O3S. The van der Waals surface area contributed by atoms with Gasteiger partial charge in [-0.05, 0) is 19.3 Å². The number of hydrogen-bond acceptors (Lipinski definition) is 4. The van der Waals surface area contributed by atoms with Crippen LogP contribution in [-0.2, 0) is 10.0 Å². The molecule has 0 aromatic heterocycles. The van der Waals surface area contributed by atoms with Crippen LogP contribution in [0.3, 0.4) is 0 Å². The monoisotopic (exact) mass is 235 g/mol. The highest BCUT2D eigenvalue weighted by molar-refractivity contribution is 7.89. The van der Waals surface area contributed by atoms with Gasteiger partial charge in [0.1, 0.15) is 0 Å². The minimum atomic E-state index is -3.25. The summed E-state index contributed by atoms with van der Waals surface area (Å²) in [6.45, 7) is 2.27. The molecule has 0 amide bonds. The van der Waals surface area contributed by atoms with Gasteiger partial charge in [0.05, 0.1) is 11.8 Å². The predicted molar refractivity (Wildman–Crippen MR) is 57.2 cm³/mol. The Bertz CT molecular complexity index is 339. The zero-order chi connectivity index (χ0) is 11.5. The number of rotatable bonds is 4. The van der Waals surface area contributed by atoms with E-state index in [0.29, 0.717) is 19.4 Å². The third kappa shape index (κ3) is 2.60. The van der Waals surface area contributed by atoms with E-state index in [1.54, 1.807) is 0 Å². The second-order valence-corrected chi connectivity index (χ2v) is 5.65. The summed E-state index contributed by atoms with van der Waals surface area (Å²) in [6, 6.07) is -0.466. The Labute approximate surface area is 89.8 Å². The second kappa shape index (κ2) is 4.80. The molecule has 1 aliphatic rings. The first-order valence-electron chi connectivity index (χ1n) is 5.00. The van der Waals surface area contributed by atoms with Gasteiger partial charge in [0.25, 0.3) is 0 Å². The van der Waals surface area contributed by atoms with Gasteiger partial charge in [0.15, 0.2) is 5.84 Å². The summed E-state index contributed by atoms with van der Waals surface area (Å²) in [5, 5.41) is 11.4. The summed E-state index contributed by atoms with van der Waals surface area (Å²) in [5.41, 5.74) is 5.46. The zero-order valence-electron chi connectivity index (χ0n) is 8.76. The fourth-order valence-electron chi connectivity index (χ4n) is 1.81. The Morgan fingerprint density at radius 2 is 2.33 bits per heavy atom. The van der Waals surface area contributed by atoms with Crippen molar-refractivity contribution in [2.24, 2.45) is 10.9 Å². The number of sulfonamides is 1. The summed E-state index contributed by atoms with van der Waals surface area (Å²) < 4.78 is 24.9. The molecule has 0 bridgehead atoms. The van der Waals surface area contributed by atoms with Crippen molar-refractivity contribution in [3.05, 3.63) is 0 Å². The van der Waals surface area contributed by atoms with Crippen LogP contribution in [0.15, 0.2) is 5.16 Å². The van der Waals surface area contributed by atoms with Crippen LogP contribution in [0.1, 0.15) is 26.2 Å². The fraction of sp³-hybridized carbons (Fsp3) is 0.875. The van der Waals surface area contributed by atoms with E-state index in [2.05, 4.69) is 5.16 Å². The first-order chi connectivity index (χ1) is 7.03. The lowest BCUT2D eigenvalue weighted by Gasteiger charge is -2.22. The number of nitrogens with two attached hydrogens (primary N) is 1. The van der Waals surface area contributed by atoms with E-state index < -0.39 is 16.1 Å². The molecule has 1 heterocycles. The molecule has 1 rings (SSSR count). The first-order valence-corrected chi connectivity index (χ1v) is 6.60. The number of hydrogen-bond donors (Lipinski definition) is 2. The van der Waals surface area contributed by atoms with Crippen molar-refractivity contribution >= 4 is 15.9 Å². The second-order valence-electron chi connectivity index (χ2n) is 3.61. The third-order valence-corrected chi connectivity index (χ3v) is 4.56. The lowest BCUT2D eigenvalue weighted by atomic mass is 10.2. The van der Waals surface area contributed by atoms with Gasteiger partial charge in [-0.25, -0.2) is 8.42 Å². The number of oxime groups is 1. The topological polar surface area (TPSA) is 96.0 Å². The fourth-order valence-corrected chi connectivity index (χ4v) is 3.57. The molecule has 0 aliphatic carbocycles. The van der Waals surface area contributed by atoms with Crippen molar-refractivity contribution in [3.8, 4) is 0 Å². The quantitative estimate of drug-likeness (QED) is 0.309. The van der Waals surface area contributed by atoms with Gasteiger partial charge in [-0.3, -0.25) is 0 Å². The largest absolute Gasteiger partial charge is 0.409 e. The van der Waals surface area contributed by atoms with Crippen LogP contribution in [0.5, 0.6) is 0 Å². The van der Waals surface area contributed by atoms with Crippen molar-refractivity contribution < 1.29 is 13.6 Å². The Balaban J connectivity index is 2.86. The third-order valence-electron chi connectivity index (χ3n) is 2.48. The SMILES string of the molecule is CCCS(=O)(=O)N1CCCC1C(N)=NO. The summed E-state index contributed by atoms with van der Waals surface area (Å²) in [7, 11) is -3.25. The highest BCUT2D eigenvalue weighted by Gasteiger charge is 2.35. The Kier molecular flexibility index (Phi) is 3.92. The summed E-state index contributed by atoms with van der Waals surface area (Å²) in [4.78, 5) is 0. The average Bonchev–Trinajstić information content (AvgIpc) is 2.65. The molecule has 1 atom stereocenters. The molecule has 1 fully saturated rings. The van der Waals surface area contributed by atoms with Gasteiger partial charge >= 0.3 is 0 Å². The molecule has 0 spiro atoms. The molecule has 1 aliphatic heterocycles. The van der Waals surface area contributed by atoms with Gasteiger partial charge in [-0.1, -0.05) is 12.1 Å². The lowest BCUT2D eigenvalue weighted by Crippen LogP contribution is -2.44. The Morgan fingerprint density at radius 1 is 1.67 bits per heavy atom. The standard InChI is InChI=1S/C8H17N3O3S/c1-2-6-15(13,14)11-5-3-4-7(11)8(9)10-12/h7,12H,2-6H2,1H3,(H2,9,10). The van der Waals surface area contributed by atoms with Gasteiger partial charge in [0.2, 0.25) is 10.0 Å². The maximum Gasteiger partial charge on any atom is 0.214 e. The van der Waals surface area contributed by atoms with E-state index in [9.17, 15) is 8.42 Å². The maximum absolute atomic E-state index is 11.8. The molecule has 0 radical (unpaired) electrons. The van der Waals surface area contributed by atoms with E-state index in [1.807, 2.05) is 6.92 Å². The molecule has 15 heavy (non-hydrogen) atoms. The van der Waals surface area contributed by atoms with E-state index in [0.717, 1.165) is 6.42 Å². The van der Waals surface area contributed by atoms with Crippen molar-refractivity contribution in [3.63, 3.8) is 0 Å². The van der Waals surface area contributed by atoms with Gasteiger partial charge in [0, 0.05) is 6.54 Å². The van der Waals surface area contributed by atoms with Crippen LogP contribution >= 0.6 is 0 Å². The predicted octanol–water partition coefficient (Wildman–Crippen LogP) is -0.0630. The van der Waals surface area contributed by atoms with Crippen LogP contribution < -0.4 is 5.73 Å². The molecule has 6 nitrogen and oxygen atoms in total. The number of amidine groups is 1. The van der Waals surface area contributed by atoms with E-state index in [-0.39, 0.29) is 11.6 Å². The highest BCUT2D eigenvalue weighted by Crippen LogP contribution is 2.21. The van der Waals surface area contributed by atoms with E-state index in [1.165, 1.54) is 4.31 Å². The molecule has 0 aromatic rings. The molecule has 1 saturated heterocycles. The van der Waals surface area contributed by atoms with Crippen LogP contribution in [-0.4, -0.2) is 42.1 Å². The minimum Gasteiger partial charge on any atom is -0.409 e. The normalized spacial score (nSPS) is 24.6. The van der Waals surface area contributed by atoms with Crippen molar-refractivity contribution in [2.75, 3.05) is 12.3 Å². The van der Waals surface area contributed by atoms with Crippen LogP contribution in [0.2, 0.25) is 0 Å². The van der Waals surface area contributed by atoms with Gasteiger partial charge in [-0.15, -0.1) is 0 Å². The van der Waals surface area contributed by atoms with Crippen LogP contribution in [0.4, 0.5) is 0 Å². The Hall–Kier alpha value is -0.820. The first kappa shape index (κ1) is 12.3.